The highest BCUT2D eigenvalue weighted by atomic mass is 32.1. The van der Waals surface area contributed by atoms with E-state index < -0.39 is 11.6 Å². The van der Waals surface area contributed by atoms with Gasteiger partial charge in [-0.3, -0.25) is 0 Å². The van der Waals surface area contributed by atoms with E-state index in [4.69, 9.17) is 11.5 Å². The van der Waals surface area contributed by atoms with Crippen LogP contribution < -0.4 is 11.5 Å². The second-order valence-electron chi connectivity index (χ2n) is 3.18. The molecule has 0 atom stereocenters. The number of aliphatic imine (C=N–C) groups is 1. The molecule has 0 fully saturated rings. The molecule has 0 spiro atoms. The summed E-state index contributed by atoms with van der Waals surface area (Å²) in [5.74, 6) is -1.21. The van der Waals surface area contributed by atoms with E-state index in [9.17, 15) is 8.78 Å². The highest BCUT2D eigenvalue weighted by molar-refractivity contribution is 7.13. The first-order chi connectivity index (χ1) is 8.06. The summed E-state index contributed by atoms with van der Waals surface area (Å²) in [6, 6.07) is 3.16. The fourth-order valence-electron chi connectivity index (χ4n) is 1.24. The predicted octanol–water partition coefficient (Wildman–Crippen LogP) is 1.99. The number of benzene rings is 1. The van der Waals surface area contributed by atoms with Crippen molar-refractivity contribution in [1.29, 1.82) is 0 Å². The standard InChI is InChI=1S/C10H8F2N4S/c11-5-1-2-7(12)6(3-5)8-4-17-10(15-8)16-9(13)14/h1-4H,(H4,13,14,15,16). The Morgan fingerprint density at radius 1 is 1.29 bits per heavy atom. The number of rotatable bonds is 2. The number of hydrogen-bond acceptors (Lipinski definition) is 3. The first-order valence-electron chi connectivity index (χ1n) is 4.57. The molecule has 2 rings (SSSR count). The maximum absolute atomic E-state index is 13.4. The molecule has 0 aliphatic carbocycles. The fourth-order valence-corrected chi connectivity index (χ4v) is 1.95. The zero-order valence-electron chi connectivity index (χ0n) is 8.52. The quantitative estimate of drug-likeness (QED) is 0.635. The first-order valence-corrected chi connectivity index (χ1v) is 5.45. The summed E-state index contributed by atoms with van der Waals surface area (Å²) in [5, 5.41) is 1.85. The minimum atomic E-state index is -0.548. The second-order valence-corrected chi connectivity index (χ2v) is 4.01. The van der Waals surface area contributed by atoms with Gasteiger partial charge in [-0.15, -0.1) is 11.3 Å². The monoisotopic (exact) mass is 254 g/mol. The van der Waals surface area contributed by atoms with Crippen LogP contribution in [0.5, 0.6) is 0 Å². The summed E-state index contributed by atoms with van der Waals surface area (Å²) in [4.78, 5) is 7.71. The number of aromatic nitrogens is 1. The third-order valence-corrected chi connectivity index (χ3v) is 2.66. The molecule has 7 heteroatoms. The van der Waals surface area contributed by atoms with E-state index >= 15 is 0 Å². The SMILES string of the molecule is NC(N)=Nc1nc(-c2cc(F)ccc2F)cs1. The van der Waals surface area contributed by atoms with Gasteiger partial charge in [0.15, 0.2) is 5.96 Å². The van der Waals surface area contributed by atoms with Crippen LogP contribution in [-0.4, -0.2) is 10.9 Å². The van der Waals surface area contributed by atoms with Crippen molar-refractivity contribution in [2.75, 3.05) is 0 Å². The molecule has 4 N–H and O–H groups in total. The number of hydrogen-bond donors (Lipinski definition) is 2. The average molecular weight is 254 g/mol. The second kappa shape index (κ2) is 4.46. The lowest BCUT2D eigenvalue weighted by molar-refractivity contribution is 0.603. The van der Waals surface area contributed by atoms with Crippen LogP contribution in [0.15, 0.2) is 28.6 Å². The maximum Gasteiger partial charge on any atom is 0.212 e. The lowest BCUT2D eigenvalue weighted by atomic mass is 10.1. The van der Waals surface area contributed by atoms with Gasteiger partial charge in [0.25, 0.3) is 0 Å². The van der Waals surface area contributed by atoms with Crippen molar-refractivity contribution in [3.63, 3.8) is 0 Å². The van der Waals surface area contributed by atoms with Gasteiger partial charge in [-0.1, -0.05) is 0 Å². The van der Waals surface area contributed by atoms with E-state index in [2.05, 4.69) is 9.98 Å². The fraction of sp³-hybridized carbons (Fsp3) is 0. The van der Waals surface area contributed by atoms with Gasteiger partial charge in [0.1, 0.15) is 11.6 Å². The van der Waals surface area contributed by atoms with Crippen molar-refractivity contribution in [2.24, 2.45) is 16.5 Å². The lowest BCUT2D eigenvalue weighted by Gasteiger charge is -1.98. The van der Waals surface area contributed by atoms with Gasteiger partial charge in [-0.25, -0.2) is 13.8 Å². The van der Waals surface area contributed by atoms with Gasteiger partial charge in [-0.05, 0) is 18.2 Å². The Kier molecular flexibility index (Phi) is 3.01. The molecule has 1 aromatic heterocycles. The minimum absolute atomic E-state index is 0.0818. The topological polar surface area (TPSA) is 77.3 Å². The maximum atomic E-state index is 13.4. The van der Waals surface area contributed by atoms with Gasteiger partial charge >= 0.3 is 0 Å². The number of guanidine groups is 1. The van der Waals surface area contributed by atoms with Gasteiger partial charge in [-0.2, -0.15) is 4.99 Å². The lowest BCUT2D eigenvalue weighted by Crippen LogP contribution is -2.21. The molecule has 0 bridgehead atoms. The molecular formula is C10H8F2N4S. The normalized spacial score (nSPS) is 10.2. The van der Waals surface area contributed by atoms with Gasteiger partial charge in [0.05, 0.1) is 5.69 Å². The molecule has 0 saturated heterocycles. The van der Waals surface area contributed by atoms with Gasteiger partial charge in [0, 0.05) is 10.9 Å². The number of thiazole rings is 1. The molecule has 0 aliphatic rings. The molecule has 0 saturated carbocycles. The largest absolute Gasteiger partial charge is 0.370 e. The van der Waals surface area contributed by atoms with Crippen LogP contribution in [0.1, 0.15) is 0 Å². The molecule has 88 valence electrons. The molecule has 0 aliphatic heterocycles. The van der Waals surface area contributed by atoms with Crippen LogP contribution >= 0.6 is 11.3 Å². The summed E-state index contributed by atoms with van der Waals surface area (Å²) >= 11 is 1.14. The van der Waals surface area contributed by atoms with E-state index in [1.54, 1.807) is 5.38 Å². The Labute approximate surface area is 99.6 Å². The van der Waals surface area contributed by atoms with Crippen LogP contribution in [0, 0.1) is 11.6 Å². The Morgan fingerprint density at radius 3 is 2.76 bits per heavy atom. The third-order valence-electron chi connectivity index (χ3n) is 1.92. The molecule has 0 radical (unpaired) electrons. The van der Waals surface area contributed by atoms with E-state index in [1.165, 1.54) is 0 Å². The Hall–Kier alpha value is -2.02. The molecule has 17 heavy (non-hydrogen) atoms. The highest BCUT2D eigenvalue weighted by Crippen LogP contribution is 2.28. The highest BCUT2D eigenvalue weighted by Gasteiger charge is 2.10. The Balaban J connectivity index is 2.43. The average Bonchev–Trinajstić information content (AvgIpc) is 2.69. The smallest absolute Gasteiger partial charge is 0.212 e. The van der Waals surface area contributed by atoms with E-state index in [0.717, 1.165) is 29.5 Å². The zero-order valence-corrected chi connectivity index (χ0v) is 9.34. The Morgan fingerprint density at radius 2 is 2.06 bits per heavy atom. The van der Waals surface area contributed by atoms with Crippen LogP contribution in [0.25, 0.3) is 11.3 Å². The third kappa shape index (κ3) is 2.56. The number of nitrogens with zero attached hydrogens (tertiary/aromatic N) is 2. The first kappa shape index (κ1) is 11.5. The summed E-state index contributed by atoms with van der Waals surface area (Å²) in [5.41, 5.74) is 10.8. The summed E-state index contributed by atoms with van der Waals surface area (Å²) in [6.45, 7) is 0. The van der Waals surface area contributed by atoms with Crippen LogP contribution in [0.2, 0.25) is 0 Å². The van der Waals surface area contributed by atoms with Crippen molar-refractivity contribution >= 4 is 22.4 Å². The number of halogens is 2. The van der Waals surface area contributed by atoms with Gasteiger partial charge < -0.3 is 11.5 Å². The summed E-state index contributed by atoms with van der Waals surface area (Å²) in [6.07, 6.45) is 0. The molecule has 1 aromatic carbocycles. The Bertz CT molecular complexity index is 575. The predicted molar refractivity (Wildman–Crippen MR) is 62.9 cm³/mol. The van der Waals surface area contributed by atoms with E-state index in [-0.39, 0.29) is 11.5 Å². The van der Waals surface area contributed by atoms with Crippen LogP contribution in [0.3, 0.4) is 0 Å². The molecule has 4 nitrogen and oxygen atoms in total. The molecule has 2 aromatic rings. The van der Waals surface area contributed by atoms with Crippen LogP contribution in [-0.2, 0) is 0 Å². The summed E-state index contributed by atoms with van der Waals surface area (Å²) < 4.78 is 26.4. The van der Waals surface area contributed by atoms with E-state index in [1.807, 2.05) is 0 Å². The summed E-state index contributed by atoms with van der Waals surface area (Å²) in [7, 11) is 0. The molecular weight excluding hydrogens is 246 g/mol. The zero-order chi connectivity index (χ0) is 12.4. The minimum Gasteiger partial charge on any atom is -0.370 e. The van der Waals surface area contributed by atoms with Crippen molar-refractivity contribution in [1.82, 2.24) is 4.98 Å². The van der Waals surface area contributed by atoms with Crippen LogP contribution in [0.4, 0.5) is 13.9 Å². The van der Waals surface area contributed by atoms with Gasteiger partial charge in [0.2, 0.25) is 5.13 Å². The van der Waals surface area contributed by atoms with Crippen molar-refractivity contribution in [3.8, 4) is 11.3 Å². The van der Waals surface area contributed by atoms with E-state index in [0.29, 0.717) is 10.8 Å². The van der Waals surface area contributed by atoms with Crippen molar-refractivity contribution < 1.29 is 8.78 Å². The van der Waals surface area contributed by atoms with Crippen molar-refractivity contribution in [2.45, 2.75) is 0 Å². The number of nitrogens with two attached hydrogens (primary N) is 2. The molecule has 0 amide bonds. The van der Waals surface area contributed by atoms with Crippen molar-refractivity contribution in [3.05, 3.63) is 35.2 Å². The molecule has 0 unspecified atom stereocenters. The molecule has 1 heterocycles.